The third-order valence-corrected chi connectivity index (χ3v) is 4.08. The maximum absolute atomic E-state index is 10.2. The molecule has 0 bridgehead atoms. The summed E-state index contributed by atoms with van der Waals surface area (Å²) in [4.78, 5) is 8.46. The van der Waals surface area contributed by atoms with Crippen molar-refractivity contribution in [1.82, 2.24) is 15.1 Å². The van der Waals surface area contributed by atoms with E-state index in [-0.39, 0.29) is 6.10 Å². The lowest BCUT2D eigenvalue weighted by molar-refractivity contribution is 0.102. The molecular weight excluding hydrogens is 254 g/mol. The molecule has 2 heterocycles. The molecule has 1 unspecified atom stereocenters. The number of aliphatic hydroxyl groups excluding tert-OH is 1. The number of hydrogen-bond acceptors (Lipinski definition) is 5. The molecule has 106 valence electrons. The van der Waals surface area contributed by atoms with Crippen LogP contribution in [0.3, 0.4) is 0 Å². The van der Waals surface area contributed by atoms with Gasteiger partial charge in [-0.2, -0.15) is 4.98 Å². The molecule has 1 aliphatic rings. The predicted molar refractivity (Wildman–Crippen MR) is 73.9 cm³/mol. The fraction of sp³-hybridized carbons (Fsp3) is 0.533. The van der Waals surface area contributed by atoms with Crippen LogP contribution in [0.25, 0.3) is 11.4 Å². The van der Waals surface area contributed by atoms with Gasteiger partial charge in [0.15, 0.2) is 0 Å². The summed E-state index contributed by atoms with van der Waals surface area (Å²) in [7, 11) is 0. The van der Waals surface area contributed by atoms with Crippen LogP contribution >= 0.6 is 0 Å². The SMILES string of the molecule is Cc1ccncc1-c1noc(CC(O)C2CCCC2)n1. The second-order valence-electron chi connectivity index (χ2n) is 5.52. The van der Waals surface area contributed by atoms with Gasteiger partial charge in [0.25, 0.3) is 0 Å². The van der Waals surface area contributed by atoms with E-state index in [1.165, 1.54) is 12.8 Å². The molecule has 1 N–H and O–H groups in total. The van der Waals surface area contributed by atoms with Crippen LogP contribution in [0.1, 0.15) is 37.1 Å². The van der Waals surface area contributed by atoms with E-state index < -0.39 is 0 Å². The van der Waals surface area contributed by atoms with Crippen molar-refractivity contribution in [2.75, 3.05) is 0 Å². The second-order valence-corrected chi connectivity index (χ2v) is 5.52. The van der Waals surface area contributed by atoms with E-state index in [0.29, 0.717) is 24.1 Å². The summed E-state index contributed by atoms with van der Waals surface area (Å²) in [6.45, 7) is 1.99. The Morgan fingerprint density at radius 3 is 2.95 bits per heavy atom. The Morgan fingerprint density at radius 1 is 1.40 bits per heavy atom. The van der Waals surface area contributed by atoms with E-state index in [1.807, 2.05) is 13.0 Å². The highest BCUT2D eigenvalue weighted by Crippen LogP contribution is 2.29. The van der Waals surface area contributed by atoms with Crippen LogP contribution < -0.4 is 0 Å². The first kappa shape index (κ1) is 13.2. The van der Waals surface area contributed by atoms with Gasteiger partial charge in [-0.3, -0.25) is 4.98 Å². The highest BCUT2D eigenvalue weighted by molar-refractivity contribution is 5.57. The van der Waals surface area contributed by atoms with Gasteiger partial charge in [0.1, 0.15) is 0 Å². The van der Waals surface area contributed by atoms with Gasteiger partial charge in [0, 0.05) is 18.0 Å². The second kappa shape index (κ2) is 5.71. The molecule has 0 spiro atoms. The lowest BCUT2D eigenvalue weighted by Gasteiger charge is -2.14. The molecule has 1 saturated carbocycles. The maximum Gasteiger partial charge on any atom is 0.229 e. The zero-order valence-corrected chi connectivity index (χ0v) is 11.6. The summed E-state index contributed by atoms with van der Waals surface area (Å²) in [5.74, 6) is 1.43. The normalized spacial score (nSPS) is 17.5. The summed E-state index contributed by atoms with van der Waals surface area (Å²) < 4.78 is 5.26. The number of aromatic nitrogens is 3. The van der Waals surface area contributed by atoms with Crippen LogP contribution in [0.4, 0.5) is 0 Å². The summed E-state index contributed by atoms with van der Waals surface area (Å²) in [5, 5.41) is 14.2. The lowest BCUT2D eigenvalue weighted by atomic mass is 9.98. The molecule has 5 nitrogen and oxygen atoms in total. The summed E-state index contributed by atoms with van der Waals surface area (Å²) >= 11 is 0. The van der Waals surface area contributed by atoms with Gasteiger partial charge in [-0.15, -0.1) is 0 Å². The Balaban J connectivity index is 1.72. The molecule has 2 aromatic rings. The summed E-state index contributed by atoms with van der Waals surface area (Å²) in [6, 6.07) is 1.92. The predicted octanol–water partition coefficient (Wildman–Crippen LogP) is 2.53. The minimum atomic E-state index is -0.374. The van der Waals surface area contributed by atoms with Crippen LogP contribution in [0, 0.1) is 12.8 Å². The number of aliphatic hydroxyl groups is 1. The molecule has 2 aromatic heterocycles. The van der Waals surface area contributed by atoms with Crippen molar-refractivity contribution in [3.05, 3.63) is 29.9 Å². The molecule has 20 heavy (non-hydrogen) atoms. The van der Waals surface area contributed by atoms with Gasteiger partial charge >= 0.3 is 0 Å². The third kappa shape index (κ3) is 2.72. The standard InChI is InChI=1S/C15H19N3O2/c1-10-6-7-16-9-12(10)15-17-14(20-18-15)8-13(19)11-4-2-3-5-11/h6-7,9,11,13,19H,2-5,8H2,1H3. The number of hydrogen-bond donors (Lipinski definition) is 1. The van der Waals surface area contributed by atoms with Crippen molar-refractivity contribution in [3.63, 3.8) is 0 Å². The van der Waals surface area contributed by atoms with E-state index in [0.717, 1.165) is 24.0 Å². The van der Waals surface area contributed by atoms with Crippen molar-refractivity contribution in [3.8, 4) is 11.4 Å². The molecule has 1 aliphatic carbocycles. The largest absolute Gasteiger partial charge is 0.392 e. The zero-order chi connectivity index (χ0) is 13.9. The van der Waals surface area contributed by atoms with Gasteiger partial charge in [-0.25, -0.2) is 0 Å². The van der Waals surface area contributed by atoms with E-state index >= 15 is 0 Å². The number of rotatable bonds is 4. The first-order valence-electron chi connectivity index (χ1n) is 7.15. The molecule has 0 amide bonds. The molecule has 0 aromatic carbocycles. The van der Waals surface area contributed by atoms with Crippen molar-refractivity contribution >= 4 is 0 Å². The number of aryl methyl sites for hydroxylation is 1. The lowest BCUT2D eigenvalue weighted by Crippen LogP contribution is -2.20. The average Bonchev–Trinajstić information content (AvgIpc) is 3.10. The van der Waals surface area contributed by atoms with Crippen LogP contribution in [0.2, 0.25) is 0 Å². The van der Waals surface area contributed by atoms with Gasteiger partial charge in [0.05, 0.1) is 12.5 Å². The summed E-state index contributed by atoms with van der Waals surface area (Å²) in [5.41, 5.74) is 1.93. The minimum absolute atomic E-state index is 0.374. The van der Waals surface area contributed by atoms with Crippen LogP contribution in [0.5, 0.6) is 0 Å². The van der Waals surface area contributed by atoms with Crippen molar-refractivity contribution < 1.29 is 9.63 Å². The molecule has 0 saturated heterocycles. The Labute approximate surface area is 118 Å². The van der Waals surface area contributed by atoms with Crippen molar-refractivity contribution in [2.45, 2.75) is 45.1 Å². The summed E-state index contributed by atoms with van der Waals surface area (Å²) in [6.07, 6.45) is 8.17. The highest BCUT2D eigenvalue weighted by Gasteiger charge is 2.25. The quantitative estimate of drug-likeness (QED) is 0.926. The first-order valence-corrected chi connectivity index (χ1v) is 7.15. The molecule has 1 fully saturated rings. The van der Waals surface area contributed by atoms with E-state index in [1.54, 1.807) is 12.4 Å². The van der Waals surface area contributed by atoms with Gasteiger partial charge in [-0.05, 0) is 37.3 Å². The van der Waals surface area contributed by atoms with Crippen LogP contribution in [0.15, 0.2) is 23.0 Å². The Morgan fingerprint density at radius 2 is 2.20 bits per heavy atom. The molecule has 0 aliphatic heterocycles. The first-order chi connectivity index (χ1) is 9.74. The molecule has 1 atom stereocenters. The third-order valence-electron chi connectivity index (χ3n) is 4.08. The monoisotopic (exact) mass is 273 g/mol. The van der Waals surface area contributed by atoms with Crippen molar-refractivity contribution in [2.24, 2.45) is 5.92 Å². The van der Waals surface area contributed by atoms with E-state index in [9.17, 15) is 5.11 Å². The Bertz CT molecular complexity index is 576. The van der Waals surface area contributed by atoms with Gasteiger partial charge in [-0.1, -0.05) is 18.0 Å². The van der Waals surface area contributed by atoms with Crippen LogP contribution in [-0.2, 0) is 6.42 Å². The molecule has 3 rings (SSSR count). The maximum atomic E-state index is 10.2. The van der Waals surface area contributed by atoms with E-state index in [2.05, 4.69) is 15.1 Å². The smallest absolute Gasteiger partial charge is 0.229 e. The highest BCUT2D eigenvalue weighted by atomic mass is 16.5. The molecular formula is C15H19N3O2. The topological polar surface area (TPSA) is 72.0 Å². The Hall–Kier alpha value is -1.75. The van der Waals surface area contributed by atoms with E-state index in [4.69, 9.17) is 4.52 Å². The van der Waals surface area contributed by atoms with Gasteiger partial charge < -0.3 is 9.63 Å². The van der Waals surface area contributed by atoms with Crippen LogP contribution in [-0.4, -0.2) is 26.3 Å². The van der Waals surface area contributed by atoms with Gasteiger partial charge in [0.2, 0.25) is 11.7 Å². The molecule has 5 heteroatoms. The minimum Gasteiger partial charge on any atom is -0.392 e. The fourth-order valence-electron chi connectivity index (χ4n) is 2.83. The van der Waals surface area contributed by atoms with Crippen molar-refractivity contribution in [1.29, 1.82) is 0 Å². The average molecular weight is 273 g/mol. The molecule has 0 radical (unpaired) electrons. The number of nitrogens with zero attached hydrogens (tertiary/aromatic N) is 3. The fourth-order valence-corrected chi connectivity index (χ4v) is 2.83. The zero-order valence-electron chi connectivity index (χ0n) is 11.6. The Kier molecular flexibility index (Phi) is 3.78. The number of pyridine rings is 1.